The lowest BCUT2D eigenvalue weighted by Crippen LogP contribution is -2.34. The van der Waals surface area contributed by atoms with Crippen LogP contribution in [0.4, 0.5) is 5.69 Å². The van der Waals surface area contributed by atoms with Crippen molar-refractivity contribution in [2.45, 2.75) is 74.5 Å². The lowest BCUT2D eigenvalue weighted by molar-refractivity contribution is -0.385. The summed E-state index contributed by atoms with van der Waals surface area (Å²) < 4.78 is 21.9. The Labute approximate surface area is 264 Å². The highest BCUT2D eigenvalue weighted by Gasteiger charge is 2.34. The molecule has 0 saturated carbocycles. The van der Waals surface area contributed by atoms with E-state index in [1.807, 2.05) is 45.0 Å². The van der Waals surface area contributed by atoms with E-state index >= 15 is 0 Å². The number of benzene rings is 1. The Morgan fingerprint density at radius 3 is 2.52 bits per heavy atom. The SMILES string of the molecule is COC(COC(=O)CCC(=O)NCCNC(O)c1ccc(C(C)SSc2ccc([N+](=O)[O-])cn2)cc1)OC1COC(C)(C)C1. The number of hydrogen-bond acceptors (Lipinski definition) is 13. The molecule has 1 amide bonds. The van der Waals surface area contributed by atoms with Gasteiger partial charge in [-0.15, -0.1) is 0 Å². The number of nitrogens with one attached hydrogen (secondary N) is 2. The summed E-state index contributed by atoms with van der Waals surface area (Å²) in [6.45, 7) is 6.96. The summed E-state index contributed by atoms with van der Waals surface area (Å²) in [6, 6.07) is 10.5. The van der Waals surface area contributed by atoms with E-state index < -0.39 is 23.4 Å². The largest absolute Gasteiger partial charge is 0.460 e. The number of ether oxygens (including phenoxy) is 4. The molecule has 15 heteroatoms. The van der Waals surface area contributed by atoms with Crippen LogP contribution in [0.2, 0.25) is 0 Å². The van der Waals surface area contributed by atoms with Gasteiger partial charge in [-0.1, -0.05) is 35.1 Å². The Balaban J connectivity index is 1.27. The fourth-order valence-corrected chi connectivity index (χ4v) is 6.26. The molecule has 1 saturated heterocycles. The summed E-state index contributed by atoms with van der Waals surface area (Å²) in [7, 11) is 4.47. The first-order chi connectivity index (χ1) is 21.0. The van der Waals surface area contributed by atoms with Crippen molar-refractivity contribution in [1.82, 2.24) is 15.6 Å². The van der Waals surface area contributed by atoms with Crippen molar-refractivity contribution in [3.05, 3.63) is 63.8 Å². The van der Waals surface area contributed by atoms with Gasteiger partial charge in [0.15, 0.2) is 6.29 Å². The van der Waals surface area contributed by atoms with E-state index in [0.717, 1.165) is 5.56 Å². The number of methoxy groups -OCH3 is 1. The van der Waals surface area contributed by atoms with E-state index in [2.05, 4.69) is 15.6 Å². The molecule has 1 aromatic heterocycles. The lowest BCUT2D eigenvalue weighted by atomic mass is 10.1. The van der Waals surface area contributed by atoms with Crippen LogP contribution in [-0.4, -0.2) is 78.3 Å². The van der Waals surface area contributed by atoms with Crippen molar-refractivity contribution in [3.8, 4) is 0 Å². The number of carbonyl (C=O) groups excluding carboxylic acids is 2. The minimum absolute atomic E-state index is 0.0270. The topological polar surface area (TPSA) is 171 Å². The van der Waals surface area contributed by atoms with Gasteiger partial charge in [-0.2, -0.15) is 0 Å². The molecule has 3 rings (SSSR count). The number of aliphatic hydroxyl groups is 1. The third-order valence-electron chi connectivity index (χ3n) is 6.64. The fraction of sp³-hybridized carbons (Fsp3) is 0.552. The molecule has 2 aromatic rings. The van der Waals surface area contributed by atoms with Crippen LogP contribution in [0.5, 0.6) is 0 Å². The van der Waals surface area contributed by atoms with E-state index in [1.54, 1.807) is 16.9 Å². The molecule has 1 aliphatic heterocycles. The van der Waals surface area contributed by atoms with Crippen LogP contribution in [0, 0.1) is 10.1 Å². The maximum Gasteiger partial charge on any atom is 0.306 e. The maximum absolute atomic E-state index is 12.1. The van der Waals surface area contributed by atoms with Gasteiger partial charge < -0.3 is 29.4 Å². The Kier molecular flexibility index (Phi) is 14.3. The van der Waals surface area contributed by atoms with E-state index in [1.165, 1.54) is 30.2 Å². The van der Waals surface area contributed by atoms with E-state index in [-0.39, 0.29) is 54.5 Å². The molecule has 1 aromatic carbocycles. The summed E-state index contributed by atoms with van der Waals surface area (Å²) in [5, 5.41) is 27.7. The van der Waals surface area contributed by atoms with Gasteiger partial charge in [-0.25, -0.2) is 4.98 Å². The van der Waals surface area contributed by atoms with E-state index in [0.29, 0.717) is 30.2 Å². The van der Waals surface area contributed by atoms with Crippen LogP contribution in [0.25, 0.3) is 0 Å². The quantitative estimate of drug-likeness (QED) is 0.0526. The Morgan fingerprint density at radius 2 is 1.91 bits per heavy atom. The number of esters is 1. The highest BCUT2D eigenvalue weighted by atomic mass is 33.1. The average Bonchev–Trinajstić information content (AvgIpc) is 3.36. The van der Waals surface area contributed by atoms with Gasteiger partial charge >= 0.3 is 5.97 Å². The van der Waals surface area contributed by atoms with Crippen molar-refractivity contribution in [1.29, 1.82) is 0 Å². The molecule has 242 valence electrons. The molecule has 2 heterocycles. The molecule has 4 atom stereocenters. The Hall–Kier alpha value is -2.79. The minimum Gasteiger partial charge on any atom is -0.460 e. The molecule has 13 nitrogen and oxygen atoms in total. The number of aromatic nitrogens is 1. The summed E-state index contributed by atoms with van der Waals surface area (Å²) in [5.74, 6) is -0.833. The highest BCUT2D eigenvalue weighted by Crippen LogP contribution is 2.41. The van der Waals surface area contributed by atoms with Gasteiger partial charge in [0.05, 0.1) is 29.7 Å². The molecule has 4 unspecified atom stereocenters. The number of nitrogens with zero attached hydrogens (tertiary/aromatic N) is 2. The molecule has 44 heavy (non-hydrogen) atoms. The first kappa shape index (κ1) is 35.7. The zero-order valence-corrected chi connectivity index (χ0v) is 26.9. The van der Waals surface area contributed by atoms with Gasteiger partial charge in [0, 0.05) is 44.4 Å². The van der Waals surface area contributed by atoms with Crippen LogP contribution in [-0.2, 0) is 28.5 Å². The average molecular weight is 653 g/mol. The third kappa shape index (κ3) is 12.3. The third-order valence-corrected chi connectivity index (χ3v) is 9.38. The number of nitro groups is 1. The molecular weight excluding hydrogens is 612 g/mol. The van der Waals surface area contributed by atoms with Crippen molar-refractivity contribution in [2.24, 2.45) is 0 Å². The number of amides is 1. The maximum atomic E-state index is 12.1. The molecule has 0 bridgehead atoms. The van der Waals surface area contributed by atoms with Crippen molar-refractivity contribution in [3.63, 3.8) is 0 Å². The summed E-state index contributed by atoms with van der Waals surface area (Å²) in [5.41, 5.74) is 1.41. The molecule has 1 fully saturated rings. The monoisotopic (exact) mass is 652 g/mol. The van der Waals surface area contributed by atoms with Crippen LogP contribution in [0.15, 0.2) is 47.6 Å². The van der Waals surface area contributed by atoms with E-state index in [4.69, 9.17) is 18.9 Å². The second-order valence-corrected chi connectivity index (χ2v) is 13.2. The predicted octanol–water partition coefficient (Wildman–Crippen LogP) is 4.07. The number of pyridine rings is 1. The van der Waals surface area contributed by atoms with Crippen molar-refractivity contribution in [2.75, 3.05) is 33.4 Å². The predicted molar refractivity (Wildman–Crippen MR) is 166 cm³/mol. The standard InChI is InChI=1S/C29H40N4O9S2/c1-19(43-44-25-11-9-22(16-32-25)33(37)38)20-5-7-21(8-6-20)28(36)31-14-13-30-24(34)10-12-26(35)40-18-27(39-4)42-23-15-29(2,3)41-17-23/h5-9,11,16,19,23,27-28,31,36H,10,12-15,17-18H2,1-4H3,(H,30,34). The summed E-state index contributed by atoms with van der Waals surface area (Å²) >= 11 is 0. The number of hydrogen-bond donors (Lipinski definition) is 3. The van der Waals surface area contributed by atoms with Gasteiger partial charge in [0.25, 0.3) is 5.69 Å². The normalized spacial score (nSPS) is 17.9. The smallest absolute Gasteiger partial charge is 0.306 e. The highest BCUT2D eigenvalue weighted by molar-refractivity contribution is 8.76. The zero-order chi connectivity index (χ0) is 32.1. The van der Waals surface area contributed by atoms with Crippen LogP contribution in [0.3, 0.4) is 0 Å². The molecular formula is C29H40N4O9S2. The van der Waals surface area contributed by atoms with Crippen LogP contribution < -0.4 is 10.6 Å². The number of rotatable bonds is 18. The summed E-state index contributed by atoms with van der Waals surface area (Å²) in [4.78, 5) is 38.6. The number of aliphatic hydroxyl groups excluding tert-OH is 1. The van der Waals surface area contributed by atoms with Gasteiger partial charge in [-0.05, 0) is 48.8 Å². The molecule has 0 aliphatic carbocycles. The van der Waals surface area contributed by atoms with Gasteiger partial charge in [0.2, 0.25) is 5.91 Å². The minimum atomic E-state index is -0.921. The van der Waals surface area contributed by atoms with Crippen molar-refractivity contribution < 1.29 is 38.6 Å². The Morgan fingerprint density at radius 1 is 1.18 bits per heavy atom. The fourth-order valence-electron chi connectivity index (χ4n) is 4.17. The molecule has 1 aliphatic rings. The zero-order valence-electron chi connectivity index (χ0n) is 25.2. The van der Waals surface area contributed by atoms with Gasteiger partial charge in [0.1, 0.15) is 24.1 Å². The van der Waals surface area contributed by atoms with Crippen LogP contribution in [0.1, 0.15) is 62.6 Å². The number of carbonyl (C=O) groups is 2. The first-order valence-electron chi connectivity index (χ1n) is 14.2. The second kappa shape index (κ2) is 17.6. The second-order valence-electron chi connectivity index (χ2n) is 10.7. The van der Waals surface area contributed by atoms with Crippen LogP contribution >= 0.6 is 21.6 Å². The molecule has 0 radical (unpaired) electrons. The first-order valence-corrected chi connectivity index (χ1v) is 16.4. The molecule has 3 N–H and O–H groups in total. The van der Waals surface area contributed by atoms with Gasteiger partial charge in [-0.3, -0.25) is 25.0 Å². The lowest BCUT2D eigenvalue weighted by Gasteiger charge is -2.20. The van der Waals surface area contributed by atoms with Crippen molar-refractivity contribution >= 4 is 39.2 Å². The molecule has 0 spiro atoms. The Bertz CT molecular complexity index is 1220. The van der Waals surface area contributed by atoms with E-state index in [9.17, 15) is 24.8 Å². The summed E-state index contributed by atoms with van der Waals surface area (Å²) in [6.07, 6.45) is 0.0735.